The maximum absolute atomic E-state index is 12.3. The number of sulfonamides is 1. The summed E-state index contributed by atoms with van der Waals surface area (Å²) in [5.74, 6) is 0.579. The van der Waals surface area contributed by atoms with Crippen molar-refractivity contribution in [1.82, 2.24) is 24.5 Å². The number of halogens is 1. The summed E-state index contributed by atoms with van der Waals surface area (Å²) in [6, 6.07) is 0.340. The van der Waals surface area contributed by atoms with Gasteiger partial charge in [0.05, 0.1) is 0 Å². The fourth-order valence-corrected chi connectivity index (χ4v) is 3.64. The van der Waals surface area contributed by atoms with Crippen LogP contribution in [0.25, 0.3) is 0 Å². The van der Waals surface area contributed by atoms with Crippen molar-refractivity contribution in [2.75, 3.05) is 19.6 Å². The molecule has 1 amide bonds. The molecule has 2 rings (SSSR count). The number of aromatic nitrogens is 2. The monoisotopic (exact) mass is 379 g/mol. The Hall–Kier alpha value is -1.16. The van der Waals surface area contributed by atoms with Crippen molar-refractivity contribution in [1.29, 1.82) is 0 Å². The average molecular weight is 380 g/mol. The number of amides is 1. The Kier molecular flexibility index (Phi) is 7.21. The Balaban J connectivity index is 0.00000288. The molecule has 0 spiro atoms. The first-order valence-electron chi connectivity index (χ1n) is 7.75. The van der Waals surface area contributed by atoms with Gasteiger partial charge in [-0.2, -0.15) is 0 Å². The molecule has 2 heterocycles. The van der Waals surface area contributed by atoms with Crippen LogP contribution in [-0.4, -0.2) is 60.5 Å². The summed E-state index contributed by atoms with van der Waals surface area (Å²) in [5.41, 5.74) is 0. The van der Waals surface area contributed by atoms with Gasteiger partial charge in [-0.15, -0.1) is 12.4 Å². The van der Waals surface area contributed by atoms with Crippen molar-refractivity contribution in [2.24, 2.45) is 7.05 Å². The van der Waals surface area contributed by atoms with Crippen LogP contribution in [0.2, 0.25) is 0 Å². The zero-order chi connectivity index (χ0) is 17.2. The molecule has 1 aliphatic rings. The van der Waals surface area contributed by atoms with E-state index in [1.165, 1.54) is 6.20 Å². The van der Waals surface area contributed by atoms with E-state index >= 15 is 0 Å². The molecule has 1 saturated heterocycles. The van der Waals surface area contributed by atoms with Crippen LogP contribution >= 0.6 is 12.4 Å². The molecule has 138 valence electrons. The second-order valence-electron chi connectivity index (χ2n) is 5.96. The Labute approximate surface area is 149 Å². The van der Waals surface area contributed by atoms with Gasteiger partial charge in [0, 0.05) is 51.4 Å². The first-order valence-corrected chi connectivity index (χ1v) is 9.23. The first kappa shape index (κ1) is 20.9. The minimum absolute atomic E-state index is 0. The van der Waals surface area contributed by atoms with Crippen LogP contribution in [0.15, 0.2) is 11.2 Å². The summed E-state index contributed by atoms with van der Waals surface area (Å²) in [7, 11) is -1.94. The van der Waals surface area contributed by atoms with E-state index in [1.54, 1.807) is 23.4 Å². The number of nitrogens with zero attached hydrogens (tertiary/aromatic N) is 3. The Morgan fingerprint density at radius 2 is 2.12 bits per heavy atom. The molecule has 1 fully saturated rings. The molecular weight excluding hydrogens is 354 g/mol. The third-order valence-electron chi connectivity index (χ3n) is 4.35. The van der Waals surface area contributed by atoms with E-state index in [2.05, 4.69) is 15.0 Å². The van der Waals surface area contributed by atoms with Gasteiger partial charge in [0.25, 0.3) is 10.0 Å². The largest absolute Gasteiger partial charge is 0.337 e. The molecule has 1 aliphatic heterocycles. The number of piperazine rings is 1. The lowest BCUT2D eigenvalue weighted by molar-refractivity contribution is -0.134. The van der Waals surface area contributed by atoms with E-state index in [-0.39, 0.29) is 48.4 Å². The molecule has 2 atom stereocenters. The fraction of sp³-hybridized carbons (Fsp3) is 0.714. The molecule has 0 aromatic carbocycles. The highest BCUT2D eigenvalue weighted by Gasteiger charge is 2.28. The minimum atomic E-state index is -3.68. The topological polar surface area (TPSA) is 96.3 Å². The quantitative estimate of drug-likeness (QED) is 0.752. The van der Waals surface area contributed by atoms with Crippen LogP contribution in [-0.2, 0) is 21.9 Å². The number of imidazole rings is 1. The first-order chi connectivity index (χ1) is 10.7. The predicted octanol–water partition coefficient (Wildman–Crippen LogP) is 0.0275. The molecule has 0 saturated carbocycles. The number of hydrogen-bond acceptors (Lipinski definition) is 5. The van der Waals surface area contributed by atoms with Gasteiger partial charge >= 0.3 is 0 Å². The normalized spacial score (nSPS) is 21.4. The van der Waals surface area contributed by atoms with Gasteiger partial charge in [0.15, 0.2) is 5.03 Å². The summed E-state index contributed by atoms with van der Waals surface area (Å²) < 4.78 is 28.4. The molecule has 8 nitrogen and oxygen atoms in total. The molecule has 10 heteroatoms. The number of aryl methyl sites for hydroxylation is 2. The lowest BCUT2D eigenvalue weighted by atomic mass is 10.1. The van der Waals surface area contributed by atoms with Crippen LogP contribution in [0, 0.1) is 6.92 Å². The van der Waals surface area contributed by atoms with E-state index in [1.807, 2.05) is 13.8 Å². The van der Waals surface area contributed by atoms with Crippen molar-refractivity contribution in [3.63, 3.8) is 0 Å². The Morgan fingerprint density at radius 1 is 1.46 bits per heavy atom. The van der Waals surface area contributed by atoms with Gasteiger partial charge in [-0.3, -0.25) is 4.79 Å². The number of nitrogens with one attached hydrogen (secondary N) is 2. The van der Waals surface area contributed by atoms with Gasteiger partial charge in [-0.1, -0.05) is 0 Å². The van der Waals surface area contributed by atoms with Crippen LogP contribution in [0.4, 0.5) is 0 Å². The van der Waals surface area contributed by atoms with E-state index in [4.69, 9.17) is 0 Å². The van der Waals surface area contributed by atoms with Crippen molar-refractivity contribution >= 4 is 28.3 Å². The third kappa shape index (κ3) is 4.69. The number of hydrogen-bond donors (Lipinski definition) is 2. The number of rotatable bonds is 5. The van der Waals surface area contributed by atoms with Gasteiger partial charge < -0.3 is 14.8 Å². The van der Waals surface area contributed by atoms with Crippen LogP contribution in [0.3, 0.4) is 0 Å². The van der Waals surface area contributed by atoms with Crippen LogP contribution < -0.4 is 10.0 Å². The smallest absolute Gasteiger partial charge is 0.259 e. The number of carbonyl (C=O) groups excluding carboxylic acids is 1. The summed E-state index contributed by atoms with van der Waals surface area (Å²) >= 11 is 0. The van der Waals surface area contributed by atoms with Gasteiger partial charge in [0.2, 0.25) is 5.91 Å². The molecule has 1 aromatic heterocycles. The Bertz CT molecular complexity index is 656. The highest BCUT2D eigenvalue weighted by molar-refractivity contribution is 7.89. The molecule has 0 radical (unpaired) electrons. The third-order valence-corrected chi connectivity index (χ3v) is 5.68. The Morgan fingerprint density at radius 3 is 2.71 bits per heavy atom. The molecule has 0 aliphatic carbocycles. The summed E-state index contributed by atoms with van der Waals surface area (Å²) in [6.45, 7) is 7.25. The van der Waals surface area contributed by atoms with E-state index < -0.39 is 10.0 Å². The maximum atomic E-state index is 12.3. The standard InChI is InChI=1S/C14H25N5O3S.ClH/c1-10-11(2)19(8-7-15-10)14(20)5-6-16-23(21,22)13-9-18(4)12(3)17-13;/h9-11,15-16H,5-8H2,1-4H3;1H. The predicted molar refractivity (Wildman–Crippen MR) is 93.6 cm³/mol. The molecular formula is C14H26ClN5O3S. The molecule has 24 heavy (non-hydrogen) atoms. The van der Waals surface area contributed by atoms with Crippen LogP contribution in [0.5, 0.6) is 0 Å². The summed E-state index contributed by atoms with van der Waals surface area (Å²) in [5, 5.41) is 3.29. The van der Waals surface area contributed by atoms with Gasteiger partial charge in [-0.05, 0) is 20.8 Å². The second kappa shape index (κ2) is 8.28. The number of carbonyl (C=O) groups is 1. The van der Waals surface area contributed by atoms with Crippen molar-refractivity contribution < 1.29 is 13.2 Å². The second-order valence-corrected chi connectivity index (χ2v) is 7.67. The highest BCUT2D eigenvalue weighted by Crippen LogP contribution is 2.11. The van der Waals surface area contributed by atoms with E-state index in [0.29, 0.717) is 12.4 Å². The van der Waals surface area contributed by atoms with Gasteiger partial charge in [0.1, 0.15) is 5.82 Å². The maximum Gasteiger partial charge on any atom is 0.259 e. The van der Waals surface area contributed by atoms with Crippen LogP contribution in [0.1, 0.15) is 26.1 Å². The summed E-state index contributed by atoms with van der Waals surface area (Å²) in [4.78, 5) is 18.1. The fourth-order valence-electron chi connectivity index (χ4n) is 2.57. The lowest BCUT2D eigenvalue weighted by Crippen LogP contribution is -2.57. The molecule has 0 bridgehead atoms. The van der Waals surface area contributed by atoms with Crippen molar-refractivity contribution in [3.05, 3.63) is 12.0 Å². The highest BCUT2D eigenvalue weighted by atomic mass is 35.5. The lowest BCUT2D eigenvalue weighted by Gasteiger charge is -2.38. The molecule has 1 aromatic rings. The zero-order valence-electron chi connectivity index (χ0n) is 14.4. The summed E-state index contributed by atoms with van der Waals surface area (Å²) in [6.07, 6.45) is 1.60. The van der Waals surface area contributed by atoms with E-state index in [0.717, 1.165) is 6.54 Å². The SMILES string of the molecule is Cc1nc(S(=O)(=O)NCCC(=O)N2CCNC(C)C2C)cn1C.Cl. The van der Waals surface area contributed by atoms with Crippen molar-refractivity contribution in [3.8, 4) is 0 Å². The minimum Gasteiger partial charge on any atom is -0.337 e. The van der Waals surface area contributed by atoms with E-state index in [9.17, 15) is 13.2 Å². The molecule has 2 N–H and O–H groups in total. The average Bonchev–Trinajstić information content (AvgIpc) is 2.82. The zero-order valence-corrected chi connectivity index (χ0v) is 16.1. The van der Waals surface area contributed by atoms with Crippen molar-refractivity contribution in [2.45, 2.75) is 44.3 Å². The van der Waals surface area contributed by atoms with Gasteiger partial charge in [-0.25, -0.2) is 18.1 Å². The molecule has 2 unspecified atom stereocenters.